The van der Waals surface area contributed by atoms with E-state index in [0.717, 1.165) is 22.7 Å². The summed E-state index contributed by atoms with van der Waals surface area (Å²) in [5.41, 5.74) is 16.9. The number of nitrogens with zero attached hydrogens (tertiary/aromatic N) is 2. The van der Waals surface area contributed by atoms with Crippen LogP contribution in [0.3, 0.4) is 0 Å². The van der Waals surface area contributed by atoms with Crippen molar-refractivity contribution in [1.29, 1.82) is 0 Å². The van der Waals surface area contributed by atoms with Gasteiger partial charge in [0.2, 0.25) is 0 Å². The van der Waals surface area contributed by atoms with Crippen LogP contribution in [-0.2, 0) is 5.41 Å². The monoisotopic (exact) mass is 678 g/mol. The number of para-hydroxylation sites is 3. The summed E-state index contributed by atoms with van der Waals surface area (Å²) in [5, 5.41) is 2.46. The summed E-state index contributed by atoms with van der Waals surface area (Å²) in [6.07, 6.45) is 0. The highest BCUT2D eigenvalue weighted by atomic mass is 15.2. The van der Waals surface area contributed by atoms with Gasteiger partial charge < -0.3 is 9.47 Å². The van der Waals surface area contributed by atoms with Gasteiger partial charge in [0.25, 0.3) is 0 Å². The number of aromatic nitrogens is 1. The van der Waals surface area contributed by atoms with Crippen molar-refractivity contribution in [2.24, 2.45) is 0 Å². The average molecular weight is 679 g/mol. The largest absolute Gasteiger partial charge is 0.308 e. The predicted octanol–water partition coefficient (Wildman–Crippen LogP) is 13.9. The number of fused-ring (bicyclic) bond motifs is 6. The molecule has 0 atom stereocenters. The van der Waals surface area contributed by atoms with Gasteiger partial charge in [0.1, 0.15) is 0 Å². The van der Waals surface area contributed by atoms with Crippen molar-refractivity contribution in [2.75, 3.05) is 4.90 Å². The maximum atomic E-state index is 2.50. The van der Waals surface area contributed by atoms with Crippen LogP contribution in [0.2, 0.25) is 0 Å². The van der Waals surface area contributed by atoms with Crippen molar-refractivity contribution in [3.8, 4) is 39.1 Å². The zero-order valence-electron chi connectivity index (χ0n) is 29.9. The summed E-state index contributed by atoms with van der Waals surface area (Å²) < 4.78 is 2.46. The molecule has 0 saturated carbocycles. The Morgan fingerprint density at radius 3 is 1.79 bits per heavy atom. The molecule has 0 amide bonds. The van der Waals surface area contributed by atoms with Crippen LogP contribution in [0.15, 0.2) is 194 Å². The van der Waals surface area contributed by atoms with Gasteiger partial charge in [-0.1, -0.05) is 166 Å². The standard InChI is InChI=1S/C51H38N2/c1-51(2)45-24-12-9-21-41(45)42-33-32-39(34-46(42)51)52(47-25-13-10-20-40(47)37-18-7-4-8-19-37)49-27-15-23-44-43-22-11-14-26-48(43)53(50(44)49)38-30-28-36(29-31-38)35-16-5-3-6-17-35/h3-34H,1-2H3. The molecular formula is C51H38N2. The molecule has 1 aromatic heterocycles. The molecule has 2 nitrogen and oxygen atoms in total. The van der Waals surface area contributed by atoms with E-state index in [1.807, 2.05) is 0 Å². The van der Waals surface area contributed by atoms with E-state index < -0.39 is 0 Å². The third-order valence-electron chi connectivity index (χ3n) is 11.2. The summed E-state index contributed by atoms with van der Waals surface area (Å²) in [6, 6.07) is 70.9. The van der Waals surface area contributed by atoms with Crippen LogP contribution in [0, 0.1) is 0 Å². The molecule has 0 saturated heterocycles. The van der Waals surface area contributed by atoms with Crippen molar-refractivity contribution in [3.05, 3.63) is 205 Å². The van der Waals surface area contributed by atoms with Gasteiger partial charge in [-0.15, -0.1) is 0 Å². The first kappa shape index (κ1) is 31.1. The van der Waals surface area contributed by atoms with E-state index in [4.69, 9.17) is 0 Å². The summed E-state index contributed by atoms with van der Waals surface area (Å²) in [6.45, 7) is 4.72. The Balaban J connectivity index is 1.26. The Hall–Kier alpha value is -6.64. The molecule has 0 fully saturated rings. The van der Waals surface area contributed by atoms with Gasteiger partial charge >= 0.3 is 0 Å². The molecule has 53 heavy (non-hydrogen) atoms. The number of benzene rings is 8. The second kappa shape index (κ2) is 12.3. The molecule has 2 heteroatoms. The van der Waals surface area contributed by atoms with Gasteiger partial charge in [-0.25, -0.2) is 0 Å². The van der Waals surface area contributed by atoms with Crippen LogP contribution in [-0.4, -0.2) is 4.57 Å². The Labute approximate surface area is 310 Å². The van der Waals surface area contributed by atoms with Crippen LogP contribution in [0.5, 0.6) is 0 Å². The molecule has 8 aromatic carbocycles. The highest BCUT2D eigenvalue weighted by Crippen LogP contribution is 2.52. The minimum atomic E-state index is -0.131. The molecule has 0 aliphatic heterocycles. The van der Waals surface area contributed by atoms with Gasteiger partial charge in [0.05, 0.1) is 22.4 Å². The molecule has 0 bridgehead atoms. The molecule has 0 spiro atoms. The molecule has 9 aromatic rings. The molecule has 10 rings (SSSR count). The fourth-order valence-corrected chi connectivity index (χ4v) is 8.65. The average Bonchev–Trinajstić information content (AvgIpc) is 3.68. The topological polar surface area (TPSA) is 8.17 Å². The normalized spacial score (nSPS) is 12.9. The lowest BCUT2D eigenvalue weighted by atomic mass is 9.82. The van der Waals surface area contributed by atoms with Crippen molar-refractivity contribution in [1.82, 2.24) is 4.57 Å². The Kier molecular flexibility index (Phi) is 7.19. The van der Waals surface area contributed by atoms with Crippen molar-refractivity contribution in [3.63, 3.8) is 0 Å². The molecule has 0 unspecified atom stereocenters. The van der Waals surface area contributed by atoms with Crippen LogP contribution < -0.4 is 4.90 Å². The Morgan fingerprint density at radius 2 is 1.00 bits per heavy atom. The number of rotatable bonds is 6. The highest BCUT2D eigenvalue weighted by Gasteiger charge is 2.36. The minimum absolute atomic E-state index is 0.131. The lowest BCUT2D eigenvalue weighted by molar-refractivity contribution is 0.660. The van der Waals surface area contributed by atoms with E-state index in [-0.39, 0.29) is 5.41 Å². The van der Waals surface area contributed by atoms with Crippen molar-refractivity contribution < 1.29 is 0 Å². The fourth-order valence-electron chi connectivity index (χ4n) is 8.65. The van der Waals surface area contributed by atoms with E-state index in [1.165, 1.54) is 66.3 Å². The molecular weight excluding hydrogens is 641 g/mol. The molecule has 1 aliphatic rings. The van der Waals surface area contributed by atoms with E-state index in [9.17, 15) is 0 Å². The van der Waals surface area contributed by atoms with Crippen molar-refractivity contribution >= 4 is 38.9 Å². The van der Waals surface area contributed by atoms with E-state index in [2.05, 4.69) is 217 Å². The lowest BCUT2D eigenvalue weighted by Gasteiger charge is -2.30. The highest BCUT2D eigenvalue weighted by molar-refractivity contribution is 6.15. The Bertz CT molecular complexity index is 2790. The maximum absolute atomic E-state index is 2.50. The smallest absolute Gasteiger partial charge is 0.0782 e. The predicted molar refractivity (Wildman–Crippen MR) is 224 cm³/mol. The van der Waals surface area contributed by atoms with Crippen molar-refractivity contribution in [2.45, 2.75) is 19.3 Å². The molecule has 1 aliphatic carbocycles. The summed E-state index contributed by atoms with van der Waals surface area (Å²) in [7, 11) is 0. The summed E-state index contributed by atoms with van der Waals surface area (Å²) >= 11 is 0. The van der Waals surface area contributed by atoms with Gasteiger partial charge in [0, 0.05) is 33.1 Å². The second-order valence-electron chi connectivity index (χ2n) is 14.6. The lowest BCUT2D eigenvalue weighted by Crippen LogP contribution is -2.17. The number of hydrogen-bond donors (Lipinski definition) is 0. The zero-order chi connectivity index (χ0) is 35.5. The van der Waals surface area contributed by atoms with Crippen LogP contribution in [0.1, 0.15) is 25.0 Å². The quantitative estimate of drug-likeness (QED) is 0.170. The molecule has 252 valence electrons. The first-order valence-electron chi connectivity index (χ1n) is 18.4. The minimum Gasteiger partial charge on any atom is -0.308 e. The van der Waals surface area contributed by atoms with Gasteiger partial charge in [-0.3, -0.25) is 0 Å². The number of anilines is 3. The van der Waals surface area contributed by atoms with Crippen LogP contribution >= 0.6 is 0 Å². The van der Waals surface area contributed by atoms with Gasteiger partial charge in [-0.2, -0.15) is 0 Å². The third kappa shape index (κ3) is 4.94. The molecule has 1 heterocycles. The van der Waals surface area contributed by atoms with E-state index in [0.29, 0.717) is 0 Å². The number of hydrogen-bond acceptors (Lipinski definition) is 1. The van der Waals surface area contributed by atoms with E-state index >= 15 is 0 Å². The third-order valence-corrected chi connectivity index (χ3v) is 11.2. The summed E-state index contributed by atoms with van der Waals surface area (Å²) in [4.78, 5) is 2.50. The SMILES string of the molecule is CC1(C)c2ccccc2-c2ccc(N(c3ccccc3-c3ccccc3)c3cccc4c5ccccc5n(-c5ccc(-c6ccccc6)cc5)c34)cc21. The summed E-state index contributed by atoms with van der Waals surface area (Å²) in [5.74, 6) is 0. The fraction of sp³-hybridized carbons (Fsp3) is 0.0588. The van der Waals surface area contributed by atoms with Gasteiger partial charge in [-0.05, 0) is 81.4 Å². The first-order chi connectivity index (χ1) is 26.1. The van der Waals surface area contributed by atoms with Crippen LogP contribution in [0.25, 0.3) is 60.9 Å². The maximum Gasteiger partial charge on any atom is 0.0782 e. The Morgan fingerprint density at radius 1 is 0.415 bits per heavy atom. The zero-order valence-corrected chi connectivity index (χ0v) is 29.9. The first-order valence-corrected chi connectivity index (χ1v) is 18.4. The van der Waals surface area contributed by atoms with Gasteiger partial charge in [0.15, 0.2) is 0 Å². The molecule has 0 radical (unpaired) electrons. The van der Waals surface area contributed by atoms with Crippen LogP contribution in [0.4, 0.5) is 17.1 Å². The second-order valence-corrected chi connectivity index (χ2v) is 14.6. The van der Waals surface area contributed by atoms with E-state index in [1.54, 1.807) is 0 Å². The molecule has 0 N–H and O–H groups in total.